The molecule has 1 atom stereocenters. The van der Waals surface area contributed by atoms with Gasteiger partial charge in [0.15, 0.2) is 0 Å². The van der Waals surface area contributed by atoms with Crippen LogP contribution in [0.4, 0.5) is 0 Å². The van der Waals surface area contributed by atoms with Crippen molar-refractivity contribution in [3.63, 3.8) is 0 Å². The van der Waals surface area contributed by atoms with Gasteiger partial charge in [-0.05, 0) is 52.9 Å². The van der Waals surface area contributed by atoms with E-state index >= 15 is 0 Å². The predicted molar refractivity (Wildman–Crippen MR) is 85.0 cm³/mol. The first-order chi connectivity index (χ1) is 9.44. The largest absolute Gasteiger partial charge is 0.387 e. The lowest BCUT2D eigenvalue weighted by Crippen LogP contribution is -2.47. The fourth-order valence-corrected chi connectivity index (χ4v) is 4.26. The highest BCUT2D eigenvalue weighted by molar-refractivity contribution is 7.89. The maximum absolute atomic E-state index is 12.5. The molecule has 0 aliphatic heterocycles. The van der Waals surface area contributed by atoms with Crippen LogP contribution in [0.2, 0.25) is 0 Å². The third kappa shape index (κ3) is 5.07. The lowest BCUT2D eigenvalue weighted by atomic mass is 10.1. The molecule has 2 N–H and O–H groups in total. The highest BCUT2D eigenvalue weighted by Gasteiger charge is 2.26. The van der Waals surface area contributed by atoms with Crippen LogP contribution >= 0.6 is 0 Å². The summed E-state index contributed by atoms with van der Waals surface area (Å²) < 4.78 is 27.5. The maximum Gasteiger partial charge on any atom is 0.241 e. The number of hydrogen-bond donors (Lipinski definition) is 2. The number of likely N-dealkylation sites (N-methyl/N-ethyl adjacent to an activating group) is 1. The third-order valence-electron chi connectivity index (χ3n) is 3.17. The van der Waals surface area contributed by atoms with E-state index in [4.69, 9.17) is 0 Å². The van der Waals surface area contributed by atoms with Crippen molar-refractivity contribution in [2.24, 2.45) is 0 Å². The summed E-state index contributed by atoms with van der Waals surface area (Å²) in [5.74, 6) is 0. The Morgan fingerprint density at radius 3 is 2.10 bits per heavy atom. The molecule has 21 heavy (non-hydrogen) atoms. The number of aryl methyl sites for hydroxylation is 3. The summed E-state index contributed by atoms with van der Waals surface area (Å²) in [6.07, 6.45) is 0. The summed E-state index contributed by atoms with van der Waals surface area (Å²) in [5, 5.41) is 10.2. The van der Waals surface area contributed by atoms with Crippen molar-refractivity contribution in [2.45, 2.75) is 38.2 Å². The lowest BCUT2D eigenvalue weighted by Gasteiger charge is -2.27. The maximum atomic E-state index is 12.5. The summed E-state index contributed by atoms with van der Waals surface area (Å²) in [4.78, 5) is 2.12. The Bertz CT molecular complexity index is 584. The molecule has 1 aromatic rings. The van der Waals surface area contributed by atoms with Gasteiger partial charge in [-0.1, -0.05) is 17.7 Å². The molecule has 0 amide bonds. The molecule has 0 fully saturated rings. The Balaban J connectivity index is 2.98. The molecule has 0 saturated carbocycles. The standard InChI is InChI=1S/C15H26N2O3S/c1-11-7-12(2)14(13(3)8-11)21(19,20)16-9-15(4,18)10-17(5)6/h7-8,16,18H,9-10H2,1-6H3. The fraction of sp³-hybridized carbons (Fsp3) is 0.600. The number of sulfonamides is 1. The molecule has 0 heterocycles. The molecule has 6 heteroatoms. The van der Waals surface area contributed by atoms with Crippen LogP contribution in [0, 0.1) is 20.8 Å². The molecule has 0 aliphatic rings. The number of aliphatic hydroxyl groups is 1. The van der Waals surface area contributed by atoms with E-state index < -0.39 is 15.6 Å². The van der Waals surface area contributed by atoms with Gasteiger partial charge in [0, 0.05) is 13.1 Å². The van der Waals surface area contributed by atoms with E-state index in [9.17, 15) is 13.5 Å². The Kier molecular flexibility index (Phi) is 5.55. The predicted octanol–water partition coefficient (Wildman–Crippen LogP) is 1.20. The van der Waals surface area contributed by atoms with E-state index in [1.807, 2.05) is 38.1 Å². The van der Waals surface area contributed by atoms with Crippen LogP contribution in [-0.2, 0) is 10.0 Å². The fourth-order valence-electron chi connectivity index (χ4n) is 2.65. The molecule has 0 bridgehead atoms. The van der Waals surface area contributed by atoms with Gasteiger partial charge in [0.25, 0.3) is 0 Å². The summed E-state index contributed by atoms with van der Waals surface area (Å²) in [7, 11) is 0.0253. The van der Waals surface area contributed by atoms with E-state index in [2.05, 4.69) is 4.72 Å². The van der Waals surface area contributed by atoms with Crippen molar-refractivity contribution in [3.8, 4) is 0 Å². The van der Waals surface area contributed by atoms with Crippen molar-refractivity contribution in [1.82, 2.24) is 9.62 Å². The van der Waals surface area contributed by atoms with Crippen LogP contribution in [0.3, 0.4) is 0 Å². The average Bonchev–Trinajstić information content (AvgIpc) is 2.23. The molecule has 0 radical (unpaired) electrons. The molecular formula is C15H26N2O3S. The van der Waals surface area contributed by atoms with E-state index in [1.165, 1.54) is 0 Å². The first-order valence-electron chi connectivity index (χ1n) is 6.89. The molecule has 1 aromatic carbocycles. The van der Waals surface area contributed by atoms with E-state index in [1.54, 1.807) is 20.8 Å². The smallest absolute Gasteiger partial charge is 0.241 e. The minimum absolute atomic E-state index is 0.0275. The number of rotatable bonds is 6. The van der Waals surface area contributed by atoms with Gasteiger partial charge < -0.3 is 10.0 Å². The Labute approximate surface area is 128 Å². The Morgan fingerprint density at radius 1 is 1.19 bits per heavy atom. The van der Waals surface area contributed by atoms with Crippen LogP contribution in [0.25, 0.3) is 0 Å². The summed E-state index contributed by atoms with van der Waals surface area (Å²) >= 11 is 0. The van der Waals surface area contributed by atoms with E-state index in [0.717, 1.165) is 5.56 Å². The topological polar surface area (TPSA) is 69.6 Å². The van der Waals surface area contributed by atoms with Gasteiger partial charge >= 0.3 is 0 Å². The van der Waals surface area contributed by atoms with Crippen LogP contribution in [0.15, 0.2) is 17.0 Å². The normalized spacial score (nSPS) is 15.2. The quantitative estimate of drug-likeness (QED) is 0.828. The number of benzene rings is 1. The molecule has 1 unspecified atom stereocenters. The molecule has 0 saturated heterocycles. The first-order valence-corrected chi connectivity index (χ1v) is 8.37. The van der Waals surface area contributed by atoms with Crippen LogP contribution in [-0.4, -0.2) is 51.2 Å². The zero-order chi connectivity index (χ0) is 16.4. The monoisotopic (exact) mass is 314 g/mol. The Hall–Kier alpha value is -0.950. The van der Waals surface area contributed by atoms with Crippen LogP contribution < -0.4 is 4.72 Å². The van der Waals surface area contributed by atoms with Crippen molar-refractivity contribution in [3.05, 3.63) is 28.8 Å². The molecule has 1 rings (SSSR count). The van der Waals surface area contributed by atoms with Crippen molar-refractivity contribution in [1.29, 1.82) is 0 Å². The molecule has 120 valence electrons. The molecular weight excluding hydrogens is 288 g/mol. The Morgan fingerprint density at radius 2 is 1.67 bits per heavy atom. The van der Waals surface area contributed by atoms with Gasteiger partial charge in [-0.15, -0.1) is 0 Å². The van der Waals surface area contributed by atoms with Gasteiger partial charge in [0.1, 0.15) is 0 Å². The highest BCUT2D eigenvalue weighted by Crippen LogP contribution is 2.21. The van der Waals surface area contributed by atoms with E-state index in [0.29, 0.717) is 22.6 Å². The minimum Gasteiger partial charge on any atom is -0.387 e. The highest BCUT2D eigenvalue weighted by atomic mass is 32.2. The van der Waals surface area contributed by atoms with Crippen LogP contribution in [0.5, 0.6) is 0 Å². The second-order valence-corrected chi connectivity index (χ2v) is 7.99. The zero-order valence-corrected chi connectivity index (χ0v) is 14.5. The van der Waals surface area contributed by atoms with Crippen molar-refractivity contribution >= 4 is 10.0 Å². The molecule has 0 spiro atoms. The molecule has 0 aromatic heterocycles. The van der Waals surface area contributed by atoms with Gasteiger partial charge in [-0.3, -0.25) is 0 Å². The summed E-state index contributed by atoms with van der Waals surface area (Å²) in [6, 6.07) is 3.69. The number of hydrogen-bond acceptors (Lipinski definition) is 4. The average molecular weight is 314 g/mol. The second-order valence-electron chi connectivity index (χ2n) is 6.29. The minimum atomic E-state index is -3.64. The lowest BCUT2D eigenvalue weighted by molar-refractivity contribution is 0.0386. The van der Waals surface area contributed by atoms with Crippen molar-refractivity contribution in [2.75, 3.05) is 27.2 Å². The van der Waals surface area contributed by atoms with Gasteiger partial charge in [-0.25, -0.2) is 13.1 Å². The zero-order valence-electron chi connectivity index (χ0n) is 13.7. The third-order valence-corrected chi connectivity index (χ3v) is 4.88. The molecule has 0 aliphatic carbocycles. The van der Waals surface area contributed by atoms with Crippen LogP contribution in [0.1, 0.15) is 23.6 Å². The molecule has 5 nitrogen and oxygen atoms in total. The summed E-state index contributed by atoms with van der Waals surface area (Å²) in [6.45, 7) is 7.47. The SMILES string of the molecule is Cc1cc(C)c(S(=O)(=O)NCC(C)(O)CN(C)C)c(C)c1. The van der Waals surface area contributed by atoms with Gasteiger partial charge in [-0.2, -0.15) is 0 Å². The number of nitrogens with zero attached hydrogens (tertiary/aromatic N) is 1. The second kappa shape index (κ2) is 6.44. The number of nitrogens with one attached hydrogen (secondary N) is 1. The van der Waals surface area contributed by atoms with E-state index in [-0.39, 0.29) is 6.54 Å². The van der Waals surface area contributed by atoms with Crippen molar-refractivity contribution < 1.29 is 13.5 Å². The van der Waals surface area contributed by atoms with Gasteiger partial charge in [0.2, 0.25) is 10.0 Å². The van der Waals surface area contributed by atoms with Gasteiger partial charge in [0.05, 0.1) is 10.5 Å². The summed E-state index contributed by atoms with van der Waals surface area (Å²) in [5.41, 5.74) is 1.34. The first kappa shape index (κ1) is 18.1.